The first-order valence-electron chi connectivity index (χ1n) is 13.2. The van der Waals surface area contributed by atoms with Crippen LogP contribution in [-0.2, 0) is 4.79 Å². The Hall–Kier alpha value is -2.11. The summed E-state index contributed by atoms with van der Waals surface area (Å²) >= 11 is 0. The lowest BCUT2D eigenvalue weighted by molar-refractivity contribution is -0.142. The number of halogens is 1. The standard InChI is InChI=1S/C28H36FNO4/c1-27(2)6-5-23(26(32)33)30(27)25(31)21-10-20(19-3-4-19)24(11-22(21)29)34-15-28-12-16-7-17(13-28)9-18(8-16)14-28/h10-11,16-19,23H,3-9,12-15H2,1-2H3,(H,32,33). The van der Waals surface area contributed by atoms with E-state index in [1.54, 1.807) is 6.07 Å². The number of ether oxygens (including phenoxy) is 1. The van der Waals surface area contributed by atoms with Crippen LogP contribution in [0.25, 0.3) is 0 Å². The number of amides is 1. The van der Waals surface area contributed by atoms with Gasteiger partial charge in [-0.1, -0.05) is 0 Å². The van der Waals surface area contributed by atoms with Gasteiger partial charge in [0.05, 0.1) is 12.2 Å². The van der Waals surface area contributed by atoms with E-state index in [2.05, 4.69) is 0 Å². The third kappa shape index (κ3) is 3.72. The van der Waals surface area contributed by atoms with Gasteiger partial charge in [-0.25, -0.2) is 9.18 Å². The van der Waals surface area contributed by atoms with Crippen molar-refractivity contribution in [3.63, 3.8) is 0 Å². The molecule has 1 aliphatic heterocycles. The Labute approximate surface area is 201 Å². The van der Waals surface area contributed by atoms with Gasteiger partial charge in [0, 0.05) is 17.0 Å². The van der Waals surface area contributed by atoms with Gasteiger partial charge in [-0.3, -0.25) is 4.79 Å². The Balaban J connectivity index is 1.27. The Morgan fingerprint density at radius 3 is 2.24 bits per heavy atom. The van der Waals surface area contributed by atoms with Crippen molar-refractivity contribution in [2.24, 2.45) is 23.2 Å². The summed E-state index contributed by atoms with van der Waals surface area (Å²) in [4.78, 5) is 26.6. The van der Waals surface area contributed by atoms with Crippen LogP contribution in [-0.4, -0.2) is 40.1 Å². The minimum atomic E-state index is -1.03. The molecular formula is C28H36FNO4. The van der Waals surface area contributed by atoms with Crippen molar-refractivity contribution in [3.05, 3.63) is 29.1 Å². The number of benzene rings is 1. The molecule has 0 radical (unpaired) electrons. The quantitative estimate of drug-likeness (QED) is 0.575. The van der Waals surface area contributed by atoms with Crippen LogP contribution in [0, 0.1) is 29.0 Å². The summed E-state index contributed by atoms with van der Waals surface area (Å²) in [5.74, 6) is 1.21. The largest absolute Gasteiger partial charge is 0.493 e. The predicted molar refractivity (Wildman–Crippen MR) is 125 cm³/mol. The van der Waals surface area contributed by atoms with E-state index >= 15 is 4.39 Å². The molecule has 7 rings (SSSR count). The number of rotatable bonds is 6. The lowest BCUT2D eigenvalue weighted by Gasteiger charge is -2.56. The second-order valence-corrected chi connectivity index (χ2v) is 12.7. The molecule has 184 valence electrons. The zero-order valence-corrected chi connectivity index (χ0v) is 20.3. The van der Waals surface area contributed by atoms with E-state index in [9.17, 15) is 14.7 Å². The Morgan fingerprint density at radius 1 is 1.06 bits per heavy atom. The highest BCUT2D eigenvalue weighted by atomic mass is 19.1. The number of aliphatic carboxylic acids is 1. The van der Waals surface area contributed by atoms with Crippen LogP contribution in [0.15, 0.2) is 12.1 Å². The van der Waals surface area contributed by atoms with Gasteiger partial charge in [0.15, 0.2) is 0 Å². The minimum absolute atomic E-state index is 0.0229. The number of hydrogen-bond acceptors (Lipinski definition) is 3. The molecule has 5 saturated carbocycles. The van der Waals surface area contributed by atoms with Crippen LogP contribution in [0.3, 0.4) is 0 Å². The highest BCUT2D eigenvalue weighted by Crippen LogP contribution is 2.60. The zero-order chi connectivity index (χ0) is 23.8. The van der Waals surface area contributed by atoms with Gasteiger partial charge < -0.3 is 14.7 Å². The molecule has 6 heteroatoms. The van der Waals surface area contributed by atoms with Crippen molar-refractivity contribution in [2.75, 3.05) is 6.61 Å². The first-order chi connectivity index (χ1) is 16.1. The molecule has 34 heavy (non-hydrogen) atoms. The highest BCUT2D eigenvalue weighted by Gasteiger charge is 2.51. The molecule has 1 aromatic rings. The van der Waals surface area contributed by atoms with Crippen molar-refractivity contribution < 1.29 is 23.8 Å². The van der Waals surface area contributed by atoms with Crippen molar-refractivity contribution >= 4 is 11.9 Å². The van der Waals surface area contributed by atoms with Crippen molar-refractivity contribution in [1.82, 2.24) is 4.90 Å². The van der Waals surface area contributed by atoms with Gasteiger partial charge in [0.1, 0.15) is 17.6 Å². The molecule has 6 aliphatic rings. The molecule has 1 atom stereocenters. The zero-order valence-electron chi connectivity index (χ0n) is 20.3. The van der Waals surface area contributed by atoms with Crippen LogP contribution >= 0.6 is 0 Å². The lowest BCUT2D eigenvalue weighted by Crippen LogP contribution is -2.50. The summed E-state index contributed by atoms with van der Waals surface area (Å²) in [5.41, 5.74) is 0.498. The fraction of sp³-hybridized carbons (Fsp3) is 0.714. The maximum atomic E-state index is 15.4. The van der Waals surface area contributed by atoms with Crippen LogP contribution in [0.5, 0.6) is 5.75 Å². The number of carboxylic acid groups (broad SMARTS) is 1. The van der Waals surface area contributed by atoms with Gasteiger partial charge in [-0.05, 0) is 113 Å². The van der Waals surface area contributed by atoms with Crippen molar-refractivity contribution in [1.29, 1.82) is 0 Å². The molecule has 1 saturated heterocycles. The summed E-state index contributed by atoms with van der Waals surface area (Å²) in [5, 5.41) is 9.66. The Kier molecular flexibility index (Phi) is 5.06. The van der Waals surface area contributed by atoms with Gasteiger partial charge >= 0.3 is 5.97 Å². The van der Waals surface area contributed by atoms with E-state index in [4.69, 9.17) is 4.74 Å². The topological polar surface area (TPSA) is 66.8 Å². The number of likely N-dealkylation sites (tertiary alicyclic amines) is 1. The number of carbonyl (C=O) groups excluding carboxylic acids is 1. The first kappa shape index (κ1) is 22.4. The number of nitrogens with zero attached hydrogens (tertiary/aromatic N) is 1. The van der Waals surface area contributed by atoms with Gasteiger partial charge in [0.2, 0.25) is 0 Å². The second kappa shape index (κ2) is 7.69. The normalized spacial score (nSPS) is 35.6. The fourth-order valence-electron chi connectivity index (χ4n) is 8.21. The van der Waals surface area contributed by atoms with Crippen LogP contribution in [0.4, 0.5) is 4.39 Å². The summed E-state index contributed by atoms with van der Waals surface area (Å²) in [6.45, 7) is 4.36. The number of carboxylic acids is 1. The van der Waals surface area contributed by atoms with Crippen LogP contribution in [0.2, 0.25) is 0 Å². The number of carbonyl (C=O) groups is 2. The molecule has 1 unspecified atom stereocenters. The van der Waals surface area contributed by atoms with Crippen LogP contribution in [0.1, 0.15) is 99.9 Å². The number of hydrogen-bond donors (Lipinski definition) is 1. The molecule has 6 fully saturated rings. The molecular weight excluding hydrogens is 433 g/mol. The molecule has 5 aliphatic carbocycles. The average Bonchev–Trinajstić information content (AvgIpc) is 3.53. The van der Waals surface area contributed by atoms with E-state index in [0.29, 0.717) is 31.1 Å². The van der Waals surface area contributed by atoms with Gasteiger partial charge in [0.25, 0.3) is 5.91 Å². The molecule has 1 N–H and O–H groups in total. The van der Waals surface area contributed by atoms with E-state index in [0.717, 1.165) is 36.2 Å². The first-order valence-corrected chi connectivity index (χ1v) is 13.2. The fourth-order valence-corrected chi connectivity index (χ4v) is 8.21. The SMILES string of the molecule is CC1(C)CCC(C(=O)O)N1C(=O)c1cc(C2CC2)c(OCC23CC4CC(CC(C4)C2)C3)cc1F. The van der Waals surface area contributed by atoms with E-state index in [1.165, 1.54) is 49.5 Å². The summed E-state index contributed by atoms with van der Waals surface area (Å²) in [6, 6.07) is 2.15. The van der Waals surface area contributed by atoms with Crippen molar-refractivity contribution in [2.45, 2.75) is 95.6 Å². The third-order valence-corrected chi connectivity index (χ3v) is 9.54. The molecule has 1 heterocycles. The maximum Gasteiger partial charge on any atom is 0.326 e. The predicted octanol–water partition coefficient (Wildman–Crippen LogP) is 5.77. The molecule has 1 amide bonds. The van der Waals surface area contributed by atoms with E-state index < -0.39 is 29.3 Å². The van der Waals surface area contributed by atoms with Gasteiger partial charge in [-0.15, -0.1) is 0 Å². The summed E-state index contributed by atoms with van der Waals surface area (Å²) in [7, 11) is 0. The lowest BCUT2D eigenvalue weighted by atomic mass is 9.50. The maximum absolute atomic E-state index is 15.4. The summed E-state index contributed by atoms with van der Waals surface area (Å²) in [6.07, 6.45) is 10.8. The average molecular weight is 470 g/mol. The minimum Gasteiger partial charge on any atom is -0.493 e. The molecule has 4 bridgehead atoms. The summed E-state index contributed by atoms with van der Waals surface area (Å²) < 4.78 is 21.8. The Morgan fingerprint density at radius 2 is 1.68 bits per heavy atom. The molecule has 5 nitrogen and oxygen atoms in total. The molecule has 1 aromatic carbocycles. The van der Waals surface area contributed by atoms with E-state index in [-0.39, 0.29) is 11.0 Å². The molecule has 0 aromatic heterocycles. The van der Waals surface area contributed by atoms with E-state index in [1.807, 2.05) is 13.8 Å². The van der Waals surface area contributed by atoms with Gasteiger partial charge in [-0.2, -0.15) is 0 Å². The molecule has 0 spiro atoms. The second-order valence-electron chi connectivity index (χ2n) is 12.7. The Bertz CT molecular complexity index is 994. The van der Waals surface area contributed by atoms with Crippen molar-refractivity contribution in [3.8, 4) is 5.75 Å². The van der Waals surface area contributed by atoms with Crippen LogP contribution < -0.4 is 4.74 Å². The highest BCUT2D eigenvalue weighted by molar-refractivity contribution is 5.98. The third-order valence-electron chi connectivity index (χ3n) is 9.54. The monoisotopic (exact) mass is 469 g/mol. The smallest absolute Gasteiger partial charge is 0.326 e.